The van der Waals surface area contributed by atoms with Crippen LogP contribution >= 0.6 is 0 Å². The number of para-hydroxylation sites is 1. The van der Waals surface area contributed by atoms with Crippen LogP contribution in [0.25, 0.3) is 5.76 Å². The van der Waals surface area contributed by atoms with Crippen LogP contribution in [0.5, 0.6) is 11.5 Å². The van der Waals surface area contributed by atoms with Gasteiger partial charge in [-0.15, -0.1) is 0 Å². The van der Waals surface area contributed by atoms with Gasteiger partial charge in [0, 0.05) is 36.6 Å². The lowest BCUT2D eigenvalue weighted by atomic mass is 9.94. The van der Waals surface area contributed by atoms with E-state index in [1.807, 2.05) is 16.8 Å². The standard InChI is InChI=1S/C25H25N3O5/c1-32-19-11-6-10-18(24(19)33-2)21-20(22(29)17-8-4-3-5-9-17)23(30)25(31)28(21)14-7-13-27-15-12-26-16-27/h3-6,8-12,15-16,21,29H,7,13-14H2,1-2H3/t21-/m0/s1. The largest absolute Gasteiger partial charge is 0.507 e. The van der Waals surface area contributed by atoms with E-state index in [0.717, 1.165) is 0 Å². The maximum atomic E-state index is 13.2. The van der Waals surface area contributed by atoms with Crippen molar-refractivity contribution >= 4 is 17.4 Å². The summed E-state index contributed by atoms with van der Waals surface area (Å²) in [5.74, 6) is -0.730. The van der Waals surface area contributed by atoms with Crippen LogP contribution in [-0.4, -0.2) is 52.0 Å². The average molecular weight is 447 g/mol. The number of Topliss-reactive ketones (excluding diaryl/α,β-unsaturated/α-hetero) is 1. The third-order valence-corrected chi connectivity index (χ3v) is 5.69. The second-order valence-corrected chi connectivity index (χ2v) is 7.60. The number of carbonyl (C=O) groups excluding carboxylic acids is 2. The Balaban J connectivity index is 1.81. The smallest absolute Gasteiger partial charge is 0.295 e. The number of aromatic nitrogens is 2. The van der Waals surface area contributed by atoms with Gasteiger partial charge in [-0.2, -0.15) is 0 Å². The number of ether oxygens (including phenoxy) is 2. The first-order chi connectivity index (χ1) is 16.1. The van der Waals surface area contributed by atoms with E-state index < -0.39 is 17.7 Å². The number of hydrogen-bond acceptors (Lipinski definition) is 6. The fourth-order valence-corrected chi connectivity index (χ4v) is 4.16. The molecule has 1 amide bonds. The van der Waals surface area contributed by atoms with Gasteiger partial charge in [-0.1, -0.05) is 42.5 Å². The van der Waals surface area contributed by atoms with E-state index in [4.69, 9.17) is 9.47 Å². The quantitative estimate of drug-likeness (QED) is 0.323. The first-order valence-corrected chi connectivity index (χ1v) is 10.6. The minimum atomic E-state index is -0.821. The summed E-state index contributed by atoms with van der Waals surface area (Å²) in [6, 6.07) is 13.2. The third kappa shape index (κ3) is 4.19. The molecule has 1 aliphatic heterocycles. The van der Waals surface area contributed by atoms with Gasteiger partial charge in [0.05, 0.1) is 32.2 Å². The van der Waals surface area contributed by atoms with Crippen LogP contribution in [0.2, 0.25) is 0 Å². The molecule has 8 nitrogen and oxygen atoms in total. The Bertz CT molecular complexity index is 1170. The number of carbonyl (C=O) groups is 2. The lowest BCUT2D eigenvalue weighted by Gasteiger charge is -2.27. The number of imidazole rings is 1. The van der Waals surface area contributed by atoms with Crippen molar-refractivity contribution in [2.45, 2.75) is 19.0 Å². The van der Waals surface area contributed by atoms with Gasteiger partial charge in [0.2, 0.25) is 0 Å². The summed E-state index contributed by atoms with van der Waals surface area (Å²) in [5, 5.41) is 11.1. The molecule has 1 aliphatic rings. The number of nitrogens with zero attached hydrogens (tertiary/aromatic N) is 3. The van der Waals surface area contributed by atoms with Crippen LogP contribution in [0.1, 0.15) is 23.6 Å². The summed E-state index contributed by atoms with van der Waals surface area (Å²) in [4.78, 5) is 31.8. The highest BCUT2D eigenvalue weighted by molar-refractivity contribution is 6.46. The summed E-state index contributed by atoms with van der Waals surface area (Å²) in [5.41, 5.74) is 1.05. The minimum Gasteiger partial charge on any atom is -0.507 e. The number of rotatable bonds is 8. The number of ketones is 1. The van der Waals surface area contributed by atoms with Crippen molar-refractivity contribution in [3.8, 4) is 11.5 Å². The Labute approximate surface area is 191 Å². The highest BCUT2D eigenvalue weighted by Gasteiger charge is 2.47. The molecule has 3 aromatic rings. The van der Waals surface area contributed by atoms with Crippen LogP contribution in [0.15, 0.2) is 72.8 Å². The van der Waals surface area contributed by atoms with E-state index in [-0.39, 0.29) is 11.3 Å². The van der Waals surface area contributed by atoms with Crippen LogP contribution < -0.4 is 9.47 Å². The molecule has 0 radical (unpaired) electrons. The van der Waals surface area contributed by atoms with E-state index in [1.165, 1.54) is 19.1 Å². The molecular weight excluding hydrogens is 422 g/mol. The molecule has 0 saturated carbocycles. The fourth-order valence-electron chi connectivity index (χ4n) is 4.16. The lowest BCUT2D eigenvalue weighted by Crippen LogP contribution is -2.31. The summed E-state index contributed by atoms with van der Waals surface area (Å²) >= 11 is 0. The normalized spacial score (nSPS) is 17.4. The van der Waals surface area contributed by atoms with E-state index in [0.29, 0.717) is 42.1 Å². The molecule has 0 unspecified atom stereocenters. The monoisotopic (exact) mass is 447 g/mol. The molecule has 2 aromatic carbocycles. The van der Waals surface area contributed by atoms with Crippen molar-refractivity contribution in [1.29, 1.82) is 0 Å². The second kappa shape index (κ2) is 9.60. The molecule has 8 heteroatoms. The molecule has 1 atom stereocenters. The Hall–Kier alpha value is -4.07. The van der Waals surface area contributed by atoms with E-state index in [9.17, 15) is 14.7 Å². The first kappa shape index (κ1) is 22.1. The zero-order chi connectivity index (χ0) is 23.4. The lowest BCUT2D eigenvalue weighted by molar-refractivity contribution is -0.140. The summed E-state index contributed by atoms with van der Waals surface area (Å²) in [6.07, 6.45) is 5.82. The average Bonchev–Trinajstić information content (AvgIpc) is 3.45. The van der Waals surface area contributed by atoms with Gasteiger partial charge >= 0.3 is 0 Å². The molecular formula is C25H25N3O5. The van der Waals surface area contributed by atoms with Gasteiger partial charge in [0.25, 0.3) is 11.7 Å². The zero-order valence-corrected chi connectivity index (χ0v) is 18.5. The third-order valence-electron chi connectivity index (χ3n) is 5.69. The number of likely N-dealkylation sites (tertiary alicyclic amines) is 1. The molecule has 1 fully saturated rings. The number of methoxy groups -OCH3 is 2. The highest BCUT2D eigenvalue weighted by atomic mass is 16.5. The SMILES string of the molecule is COc1cccc([C@H]2C(=C(O)c3ccccc3)C(=O)C(=O)N2CCCn2ccnc2)c1OC. The number of aryl methyl sites for hydroxylation is 1. The number of amides is 1. The van der Waals surface area contributed by atoms with Crippen LogP contribution in [-0.2, 0) is 16.1 Å². The number of hydrogen-bond donors (Lipinski definition) is 1. The zero-order valence-electron chi connectivity index (χ0n) is 18.5. The Morgan fingerprint density at radius 2 is 1.82 bits per heavy atom. The summed E-state index contributed by atoms with van der Waals surface area (Å²) in [7, 11) is 3.03. The number of benzene rings is 2. The molecule has 2 heterocycles. The summed E-state index contributed by atoms with van der Waals surface area (Å²) < 4.78 is 12.9. The first-order valence-electron chi connectivity index (χ1n) is 10.6. The Kier molecular flexibility index (Phi) is 6.44. The predicted molar refractivity (Wildman–Crippen MR) is 122 cm³/mol. The molecule has 0 bridgehead atoms. The Morgan fingerprint density at radius 3 is 2.48 bits per heavy atom. The second-order valence-electron chi connectivity index (χ2n) is 7.60. The van der Waals surface area contributed by atoms with Gasteiger partial charge in [-0.25, -0.2) is 4.98 Å². The minimum absolute atomic E-state index is 0.0281. The van der Waals surface area contributed by atoms with Crippen molar-refractivity contribution in [2.75, 3.05) is 20.8 Å². The van der Waals surface area contributed by atoms with Gasteiger partial charge in [-0.05, 0) is 12.5 Å². The fraction of sp³-hybridized carbons (Fsp3) is 0.240. The maximum absolute atomic E-state index is 13.2. The summed E-state index contributed by atoms with van der Waals surface area (Å²) in [6.45, 7) is 0.934. The van der Waals surface area contributed by atoms with Crippen molar-refractivity contribution in [3.05, 3.63) is 84.0 Å². The van der Waals surface area contributed by atoms with Crippen LogP contribution in [0.3, 0.4) is 0 Å². The van der Waals surface area contributed by atoms with E-state index in [1.54, 1.807) is 55.0 Å². The molecule has 33 heavy (non-hydrogen) atoms. The maximum Gasteiger partial charge on any atom is 0.295 e. The van der Waals surface area contributed by atoms with Gasteiger partial charge in [0.15, 0.2) is 11.5 Å². The topological polar surface area (TPSA) is 93.9 Å². The van der Waals surface area contributed by atoms with Gasteiger partial charge in [0.1, 0.15) is 5.76 Å². The molecule has 170 valence electrons. The number of aliphatic hydroxyl groups is 1. The van der Waals surface area contributed by atoms with Crippen LogP contribution in [0.4, 0.5) is 0 Å². The predicted octanol–water partition coefficient (Wildman–Crippen LogP) is 3.41. The molecule has 0 aliphatic carbocycles. The highest BCUT2D eigenvalue weighted by Crippen LogP contribution is 2.45. The Morgan fingerprint density at radius 1 is 1.03 bits per heavy atom. The van der Waals surface area contributed by atoms with Crippen LogP contribution in [0, 0.1) is 0 Å². The van der Waals surface area contributed by atoms with E-state index >= 15 is 0 Å². The van der Waals surface area contributed by atoms with Gasteiger partial charge in [-0.3, -0.25) is 9.59 Å². The van der Waals surface area contributed by atoms with Crippen molar-refractivity contribution in [1.82, 2.24) is 14.5 Å². The van der Waals surface area contributed by atoms with Gasteiger partial charge < -0.3 is 24.0 Å². The number of aliphatic hydroxyl groups excluding tert-OH is 1. The van der Waals surface area contributed by atoms with E-state index in [2.05, 4.69) is 4.98 Å². The molecule has 4 rings (SSSR count). The van der Waals surface area contributed by atoms with Crippen molar-refractivity contribution in [2.24, 2.45) is 0 Å². The van der Waals surface area contributed by atoms with Crippen molar-refractivity contribution in [3.63, 3.8) is 0 Å². The molecule has 0 spiro atoms. The molecule has 1 N–H and O–H groups in total. The van der Waals surface area contributed by atoms with Crippen molar-refractivity contribution < 1.29 is 24.2 Å². The molecule has 1 aromatic heterocycles. The molecule has 1 saturated heterocycles.